The summed E-state index contributed by atoms with van der Waals surface area (Å²) in [5.41, 5.74) is 3.52. The second-order valence-electron chi connectivity index (χ2n) is 7.05. The van der Waals surface area contributed by atoms with E-state index in [1.54, 1.807) is 0 Å². The number of halogens is 2. The first-order valence-electron chi connectivity index (χ1n) is 9.15. The third-order valence-corrected chi connectivity index (χ3v) is 4.67. The number of aromatic nitrogens is 1. The van der Waals surface area contributed by atoms with Crippen molar-refractivity contribution >= 4 is 5.78 Å². The molecule has 1 heterocycles. The molecular formula is C23H23F2NO. The van der Waals surface area contributed by atoms with Crippen LogP contribution in [-0.4, -0.2) is 10.4 Å². The molecule has 0 bridgehead atoms. The molecule has 140 valence electrons. The lowest BCUT2D eigenvalue weighted by molar-refractivity contribution is 0.0981. The Bertz CT molecular complexity index is 929. The molecule has 0 saturated heterocycles. The third-order valence-electron chi connectivity index (χ3n) is 4.67. The first-order valence-corrected chi connectivity index (χ1v) is 9.15. The highest BCUT2D eigenvalue weighted by Crippen LogP contribution is 2.24. The Hall–Kier alpha value is -2.75. The molecule has 0 radical (unpaired) electrons. The zero-order valence-electron chi connectivity index (χ0n) is 15.6. The molecule has 0 aliphatic carbocycles. The SMILES string of the molecule is CC(C)c1c(C(=O)CCc2ccc(F)c(F)c2)ccn1Cc1ccccc1. The van der Waals surface area contributed by atoms with Gasteiger partial charge in [0.05, 0.1) is 0 Å². The number of nitrogens with zero attached hydrogens (tertiary/aromatic N) is 1. The van der Waals surface area contributed by atoms with Crippen molar-refractivity contribution in [3.05, 3.63) is 94.8 Å². The summed E-state index contributed by atoms with van der Waals surface area (Å²) < 4.78 is 28.5. The van der Waals surface area contributed by atoms with Crippen molar-refractivity contribution in [1.82, 2.24) is 4.57 Å². The van der Waals surface area contributed by atoms with Crippen LogP contribution in [-0.2, 0) is 13.0 Å². The molecule has 3 rings (SSSR count). The van der Waals surface area contributed by atoms with Crippen LogP contribution in [0.1, 0.15) is 53.4 Å². The fourth-order valence-corrected chi connectivity index (χ4v) is 3.37. The predicted octanol–water partition coefficient (Wildman–Crippen LogP) is 5.75. The van der Waals surface area contributed by atoms with Crippen molar-refractivity contribution in [3.8, 4) is 0 Å². The van der Waals surface area contributed by atoms with Crippen molar-refractivity contribution in [2.75, 3.05) is 0 Å². The molecule has 2 aromatic carbocycles. The molecular weight excluding hydrogens is 344 g/mol. The standard InChI is InChI=1S/C23H23F2NO/c1-16(2)23-19(12-13-26(23)15-18-6-4-3-5-7-18)22(27)11-9-17-8-10-20(24)21(25)14-17/h3-8,10,12-14,16H,9,11,15H2,1-2H3. The van der Waals surface area contributed by atoms with E-state index >= 15 is 0 Å². The second-order valence-corrected chi connectivity index (χ2v) is 7.05. The number of hydrogen-bond donors (Lipinski definition) is 0. The van der Waals surface area contributed by atoms with E-state index in [9.17, 15) is 13.6 Å². The molecule has 27 heavy (non-hydrogen) atoms. The summed E-state index contributed by atoms with van der Waals surface area (Å²) in [5.74, 6) is -1.52. The smallest absolute Gasteiger partial charge is 0.165 e. The van der Waals surface area contributed by atoms with Gasteiger partial charge in [-0.2, -0.15) is 0 Å². The van der Waals surface area contributed by atoms with Crippen LogP contribution in [0.5, 0.6) is 0 Å². The van der Waals surface area contributed by atoms with Gasteiger partial charge >= 0.3 is 0 Å². The number of Topliss-reactive ketones (excluding diaryl/α,β-unsaturated/α-hetero) is 1. The van der Waals surface area contributed by atoms with E-state index in [2.05, 4.69) is 30.5 Å². The molecule has 0 atom stereocenters. The van der Waals surface area contributed by atoms with Crippen molar-refractivity contribution in [2.45, 2.75) is 39.2 Å². The van der Waals surface area contributed by atoms with Gasteiger partial charge in [-0.25, -0.2) is 8.78 Å². The van der Waals surface area contributed by atoms with Crippen LogP contribution in [0.4, 0.5) is 8.78 Å². The Kier molecular flexibility index (Phi) is 5.84. The third kappa shape index (κ3) is 4.51. The van der Waals surface area contributed by atoms with Gasteiger partial charge in [0.2, 0.25) is 0 Å². The summed E-state index contributed by atoms with van der Waals surface area (Å²) in [6.07, 6.45) is 2.60. The van der Waals surface area contributed by atoms with E-state index in [4.69, 9.17) is 0 Å². The van der Waals surface area contributed by atoms with Gasteiger partial charge in [-0.1, -0.05) is 50.2 Å². The van der Waals surface area contributed by atoms with E-state index < -0.39 is 11.6 Å². The normalized spacial score (nSPS) is 11.1. The maximum Gasteiger partial charge on any atom is 0.165 e. The number of ketones is 1. The molecule has 4 heteroatoms. The number of carbonyl (C=O) groups is 1. The van der Waals surface area contributed by atoms with Crippen LogP contribution < -0.4 is 0 Å². The summed E-state index contributed by atoms with van der Waals surface area (Å²) in [6, 6.07) is 15.8. The minimum Gasteiger partial charge on any atom is -0.346 e. The summed E-state index contributed by atoms with van der Waals surface area (Å²) in [5, 5.41) is 0. The predicted molar refractivity (Wildman–Crippen MR) is 103 cm³/mol. The fourth-order valence-electron chi connectivity index (χ4n) is 3.37. The highest BCUT2D eigenvalue weighted by Gasteiger charge is 2.18. The van der Waals surface area contributed by atoms with Crippen molar-refractivity contribution in [3.63, 3.8) is 0 Å². The van der Waals surface area contributed by atoms with Crippen molar-refractivity contribution in [1.29, 1.82) is 0 Å². The number of hydrogen-bond acceptors (Lipinski definition) is 1. The average molecular weight is 367 g/mol. The molecule has 0 amide bonds. The Morgan fingerprint density at radius 1 is 0.963 bits per heavy atom. The van der Waals surface area contributed by atoms with Crippen LogP contribution in [0.25, 0.3) is 0 Å². The quantitative estimate of drug-likeness (QED) is 0.487. The molecule has 3 aromatic rings. The number of carbonyl (C=O) groups excluding carboxylic acids is 1. The molecule has 0 fully saturated rings. The fraction of sp³-hybridized carbons (Fsp3) is 0.261. The first kappa shape index (κ1) is 19.0. The van der Waals surface area contributed by atoms with Gasteiger partial charge in [-0.3, -0.25) is 4.79 Å². The number of benzene rings is 2. The van der Waals surface area contributed by atoms with Gasteiger partial charge in [-0.05, 0) is 41.7 Å². The van der Waals surface area contributed by atoms with E-state index in [-0.39, 0.29) is 18.1 Å². The summed E-state index contributed by atoms with van der Waals surface area (Å²) in [7, 11) is 0. The van der Waals surface area contributed by atoms with Gasteiger partial charge < -0.3 is 4.57 Å². The average Bonchev–Trinajstić information content (AvgIpc) is 3.07. The van der Waals surface area contributed by atoms with Crippen LogP contribution >= 0.6 is 0 Å². The van der Waals surface area contributed by atoms with Crippen LogP contribution in [0.2, 0.25) is 0 Å². The molecule has 1 aromatic heterocycles. The zero-order chi connectivity index (χ0) is 19.4. The maximum absolute atomic E-state index is 13.3. The largest absolute Gasteiger partial charge is 0.346 e. The highest BCUT2D eigenvalue weighted by atomic mass is 19.2. The van der Waals surface area contributed by atoms with Gasteiger partial charge in [-0.15, -0.1) is 0 Å². The lowest BCUT2D eigenvalue weighted by Crippen LogP contribution is -2.10. The van der Waals surface area contributed by atoms with E-state index in [0.29, 0.717) is 24.1 Å². The van der Waals surface area contributed by atoms with E-state index in [1.807, 2.05) is 30.5 Å². The van der Waals surface area contributed by atoms with Gasteiger partial charge in [0, 0.05) is 30.4 Å². The molecule has 0 saturated carbocycles. The van der Waals surface area contributed by atoms with Gasteiger partial charge in [0.15, 0.2) is 17.4 Å². The van der Waals surface area contributed by atoms with Crippen molar-refractivity contribution in [2.24, 2.45) is 0 Å². The Morgan fingerprint density at radius 3 is 2.37 bits per heavy atom. The van der Waals surface area contributed by atoms with E-state index in [1.165, 1.54) is 11.6 Å². The molecule has 0 N–H and O–H groups in total. The Labute approximate surface area is 158 Å². The monoisotopic (exact) mass is 367 g/mol. The zero-order valence-corrected chi connectivity index (χ0v) is 15.6. The minimum absolute atomic E-state index is 0.0234. The van der Waals surface area contributed by atoms with Crippen molar-refractivity contribution < 1.29 is 13.6 Å². The maximum atomic E-state index is 13.3. The molecule has 0 aliphatic heterocycles. The summed E-state index contributed by atoms with van der Waals surface area (Å²) >= 11 is 0. The number of rotatable bonds is 7. The van der Waals surface area contributed by atoms with Crippen LogP contribution in [0, 0.1) is 11.6 Å². The molecule has 0 spiro atoms. The van der Waals surface area contributed by atoms with Gasteiger partial charge in [0.25, 0.3) is 0 Å². The summed E-state index contributed by atoms with van der Waals surface area (Å²) in [4.78, 5) is 12.8. The second kappa shape index (κ2) is 8.30. The Balaban J connectivity index is 1.76. The highest BCUT2D eigenvalue weighted by molar-refractivity contribution is 5.97. The van der Waals surface area contributed by atoms with Crippen LogP contribution in [0.15, 0.2) is 60.8 Å². The first-order chi connectivity index (χ1) is 13.0. The molecule has 0 aliphatic rings. The lowest BCUT2D eigenvalue weighted by Gasteiger charge is -2.14. The summed E-state index contributed by atoms with van der Waals surface area (Å²) in [6.45, 7) is 4.86. The lowest BCUT2D eigenvalue weighted by atomic mass is 9.98. The Morgan fingerprint density at radius 2 is 1.70 bits per heavy atom. The van der Waals surface area contributed by atoms with Gasteiger partial charge in [0.1, 0.15) is 0 Å². The minimum atomic E-state index is -0.878. The van der Waals surface area contributed by atoms with E-state index in [0.717, 1.165) is 17.8 Å². The molecule has 0 unspecified atom stereocenters. The van der Waals surface area contributed by atoms with Crippen LogP contribution in [0.3, 0.4) is 0 Å². The number of aryl methyl sites for hydroxylation is 1. The molecule has 2 nitrogen and oxygen atoms in total. The topological polar surface area (TPSA) is 22.0 Å².